The third-order valence-corrected chi connectivity index (χ3v) is 2.75. The van der Waals surface area contributed by atoms with Crippen LogP contribution in [-0.4, -0.2) is 11.7 Å². The first-order chi connectivity index (χ1) is 9.19. The van der Waals surface area contributed by atoms with Gasteiger partial charge in [0.2, 0.25) is 0 Å². The number of aliphatic hydroxyl groups is 1. The molecule has 0 amide bonds. The Morgan fingerprint density at radius 2 is 1.63 bits per heavy atom. The lowest BCUT2D eigenvalue weighted by atomic mass is 10.1. The Kier molecular flexibility index (Phi) is 4.47. The number of hydrogen-bond acceptors (Lipinski definition) is 2. The van der Waals surface area contributed by atoms with E-state index in [-0.39, 0.29) is 12.4 Å². The molecule has 0 heterocycles. The highest BCUT2D eigenvalue weighted by Gasteiger charge is 2.04. The summed E-state index contributed by atoms with van der Waals surface area (Å²) in [6, 6.07) is 10.7. The van der Waals surface area contributed by atoms with Gasteiger partial charge in [-0.1, -0.05) is 24.3 Å². The minimum absolute atomic E-state index is 0.0115. The second kappa shape index (κ2) is 6.29. The predicted octanol–water partition coefficient (Wildman–Crippen LogP) is 3.08. The van der Waals surface area contributed by atoms with Crippen LogP contribution in [0.15, 0.2) is 42.5 Å². The molecule has 0 radical (unpaired) electrons. The SMILES string of the molecule is OCc1ccc(CCOc2ccc(F)cc2F)cc1. The van der Waals surface area contributed by atoms with Crippen molar-refractivity contribution in [3.63, 3.8) is 0 Å². The third kappa shape index (κ3) is 3.76. The average molecular weight is 264 g/mol. The van der Waals surface area contributed by atoms with Crippen LogP contribution in [0.4, 0.5) is 8.78 Å². The number of aliphatic hydroxyl groups excluding tert-OH is 1. The maximum atomic E-state index is 13.3. The minimum Gasteiger partial charge on any atom is -0.490 e. The zero-order chi connectivity index (χ0) is 13.7. The molecule has 0 saturated heterocycles. The molecule has 19 heavy (non-hydrogen) atoms. The summed E-state index contributed by atoms with van der Waals surface area (Å²) in [5.74, 6) is -1.27. The zero-order valence-corrected chi connectivity index (χ0v) is 10.3. The van der Waals surface area contributed by atoms with E-state index in [1.165, 1.54) is 6.07 Å². The fraction of sp³-hybridized carbons (Fsp3) is 0.200. The Balaban J connectivity index is 1.88. The van der Waals surface area contributed by atoms with Crippen LogP contribution >= 0.6 is 0 Å². The van der Waals surface area contributed by atoms with E-state index in [1.54, 1.807) is 0 Å². The van der Waals surface area contributed by atoms with Crippen molar-refractivity contribution in [2.45, 2.75) is 13.0 Å². The van der Waals surface area contributed by atoms with Gasteiger partial charge in [0.05, 0.1) is 13.2 Å². The molecule has 0 saturated carbocycles. The molecule has 0 spiro atoms. The first-order valence-electron chi connectivity index (χ1n) is 5.95. The standard InChI is InChI=1S/C15H14F2O2/c16-13-5-6-15(14(17)9-13)19-8-7-11-1-3-12(10-18)4-2-11/h1-6,9,18H,7-8,10H2. The van der Waals surface area contributed by atoms with Gasteiger partial charge < -0.3 is 9.84 Å². The summed E-state index contributed by atoms with van der Waals surface area (Å²) in [5.41, 5.74) is 1.87. The number of halogens is 2. The first-order valence-corrected chi connectivity index (χ1v) is 5.95. The Labute approximate surface area is 110 Å². The Bertz CT molecular complexity index is 538. The van der Waals surface area contributed by atoms with Crippen molar-refractivity contribution in [1.82, 2.24) is 0 Å². The van der Waals surface area contributed by atoms with Gasteiger partial charge in [-0.2, -0.15) is 0 Å². The van der Waals surface area contributed by atoms with Crippen LogP contribution in [0.25, 0.3) is 0 Å². The van der Waals surface area contributed by atoms with Crippen LogP contribution in [0.1, 0.15) is 11.1 Å². The van der Waals surface area contributed by atoms with Gasteiger partial charge in [0.25, 0.3) is 0 Å². The van der Waals surface area contributed by atoms with Crippen molar-refractivity contribution in [3.05, 3.63) is 65.2 Å². The molecule has 100 valence electrons. The Morgan fingerprint density at radius 3 is 2.26 bits per heavy atom. The summed E-state index contributed by atoms with van der Waals surface area (Å²) in [4.78, 5) is 0. The van der Waals surface area contributed by atoms with Crippen LogP contribution in [0.5, 0.6) is 5.75 Å². The van der Waals surface area contributed by atoms with Crippen molar-refractivity contribution in [2.24, 2.45) is 0 Å². The molecule has 0 atom stereocenters. The molecular formula is C15H14F2O2. The Hall–Kier alpha value is -1.94. The molecule has 4 heteroatoms. The van der Waals surface area contributed by atoms with Crippen molar-refractivity contribution < 1.29 is 18.6 Å². The van der Waals surface area contributed by atoms with Crippen molar-refractivity contribution in [1.29, 1.82) is 0 Å². The van der Waals surface area contributed by atoms with Crippen LogP contribution in [0, 0.1) is 11.6 Å². The van der Waals surface area contributed by atoms with Gasteiger partial charge in [0.1, 0.15) is 5.82 Å². The van der Waals surface area contributed by atoms with Gasteiger partial charge in [0, 0.05) is 12.5 Å². The van der Waals surface area contributed by atoms with E-state index >= 15 is 0 Å². The topological polar surface area (TPSA) is 29.5 Å². The monoisotopic (exact) mass is 264 g/mol. The maximum absolute atomic E-state index is 13.3. The highest BCUT2D eigenvalue weighted by Crippen LogP contribution is 2.17. The lowest BCUT2D eigenvalue weighted by Gasteiger charge is -2.07. The zero-order valence-electron chi connectivity index (χ0n) is 10.3. The molecule has 0 bridgehead atoms. The molecule has 2 nitrogen and oxygen atoms in total. The van der Waals surface area contributed by atoms with Crippen molar-refractivity contribution in [3.8, 4) is 5.75 Å². The number of hydrogen-bond donors (Lipinski definition) is 1. The third-order valence-electron chi connectivity index (χ3n) is 2.75. The smallest absolute Gasteiger partial charge is 0.167 e. The van der Waals surface area contributed by atoms with Gasteiger partial charge in [-0.25, -0.2) is 8.78 Å². The van der Waals surface area contributed by atoms with E-state index in [1.807, 2.05) is 24.3 Å². The molecule has 2 aromatic rings. The maximum Gasteiger partial charge on any atom is 0.167 e. The van der Waals surface area contributed by atoms with Gasteiger partial charge in [-0.3, -0.25) is 0 Å². The summed E-state index contributed by atoms with van der Waals surface area (Å²) in [5, 5.41) is 8.91. The highest BCUT2D eigenvalue weighted by atomic mass is 19.1. The molecule has 0 unspecified atom stereocenters. The summed E-state index contributed by atoms with van der Waals surface area (Å²) < 4.78 is 31.2. The number of ether oxygens (including phenoxy) is 1. The molecular weight excluding hydrogens is 250 g/mol. The van der Waals surface area contributed by atoms with Crippen LogP contribution < -0.4 is 4.74 Å². The van der Waals surface area contributed by atoms with E-state index in [4.69, 9.17) is 9.84 Å². The van der Waals surface area contributed by atoms with Crippen LogP contribution in [0.3, 0.4) is 0 Å². The van der Waals surface area contributed by atoms with Gasteiger partial charge in [0.15, 0.2) is 11.6 Å². The van der Waals surface area contributed by atoms with Gasteiger partial charge in [-0.15, -0.1) is 0 Å². The predicted molar refractivity (Wildman–Crippen MR) is 67.9 cm³/mol. The molecule has 0 aliphatic carbocycles. The van der Waals surface area contributed by atoms with E-state index in [2.05, 4.69) is 0 Å². The molecule has 0 aliphatic heterocycles. The Morgan fingerprint density at radius 1 is 0.947 bits per heavy atom. The fourth-order valence-electron chi connectivity index (χ4n) is 1.68. The molecule has 1 N–H and O–H groups in total. The van der Waals surface area contributed by atoms with E-state index in [0.29, 0.717) is 13.0 Å². The number of rotatable bonds is 5. The van der Waals surface area contributed by atoms with Crippen LogP contribution in [0.2, 0.25) is 0 Å². The summed E-state index contributed by atoms with van der Waals surface area (Å²) >= 11 is 0. The van der Waals surface area contributed by atoms with Gasteiger partial charge >= 0.3 is 0 Å². The van der Waals surface area contributed by atoms with E-state index in [0.717, 1.165) is 23.3 Å². The molecule has 2 aromatic carbocycles. The highest BCUT2D eigenvalue weighted by molar-refractivity contribution is 5.25. The second-order valence-corrected chi connectivity index (χ2v) is 4.15. The largest absolute Gasteiger partial charge is 0.490 e. The van der Waals surface area contributed by atoms with E-state index < -0.39 is 11.6 Å². The van der Waals surface area contributed by atoms with Crippen molar-refractivity contribution >= 4 is 0 Å². The number of benzene rings is 2. The molecule has 0 aromatic heterocycles. The van der Waals surface area contributed by atoms with Crippen LogP contribution in [-0.2, 0) is 13.0 Å². The average Bonchev–Trinajstić information content (AvgIpc) is 2.42. The lowest BCUT2D eigenvalue weighted by Crippen LogP contribution is -2.03. The lowest BCUT2D eigenvalue weighted by molar-refractivity contribution is 0.281. The minimum atomic E-state index is -0.698. The molecule has 2 rings (SSSR count). The summed E-state index contributed by atoms with van der Waals surface area (Å²) in [7, 11) is 0. The fourth-order valence-corrected chi connectivity index (χ4v) is 1.68. The molecule has 0 aliphatic rings. The van der Waals surface area contributed by atoms with Gasteiger partial charge in [-0.05, 0) is 23.3 Å². The summed E-state index contributed by atoms with van der Waals surface area (Å²) in [6.45, 7) is 0.318. The van der Waals surface area contributed by atoms with E-state index in [9.17, 15) is 8.78 Å². The first kappa shape index (κ1) is 13.5. The quantitative estimate of drug-likeness (QED) is 0.899. The summed E-state index contributed by atoms with van der Waals surface area (Å²) in [6.07, 6.45) is 0.614. The van der Waals surface area contributed by atoms with Crippen molar-refractivity contribution in [2.75, 3.05) is 6.61 Å². The normalized spacial score (nSPS) is 10.5. The molecule has 0 fully saturated rings. The second-order valence-electron chi connectivity index (χ2n) is 4.15.